The van der Waals surface area contributed by atoms with Gasteiger partial charge < -0.3 is 0 Å². The zero-order valence-corrected chi connectivity index (χ0v) is 21.8. The number of para-hydroxylation sites is 1. The maximum atomic E-state index is 5.03. The molecule has 0 radical (unpaired) electrons. The molecule has 0 amide bonds. The van der Waals surface area contributed by atoms with Crippen LogP contribution in [-0.2, 0) is 0 Å². The molecule has 1 aliphatic carbocycles. The molecule has 0 fully saturated rings. The molecule has 8 rings (SSSR count). The second kappa shape index (κ2) is 8.75. The minimum Gasteiger partial charge on any atom is -0.293 e. The van der Waals surface area contributed by atoms with Crippen molar-refractivity contribution in [1.82, 2.24) is 9.55 Å². The largest absolute Gasteiger partial charge is 0.293 e. The first-order chi connectivity index (χ1) is 18.9. The molecule has 182 valence electrons. The summed E-state index contributed by atoms with van der Waals surface area (Å²) >= 11 is 2.01. The molecule has 3 heteroatoms. The Balaban J connectivity index is 1.51. The standard InChI is InChI=1S/C35H26N2S/c1-2-11-23(12-3-1)26-17-10-18-29-33-27-15-6-8-19-30(27)37(32-21-24-13-4-5-14-25(24)22-36-32)34(33)28-16-7-9-20-31(28)38-35(26)29/h1-6,8,10-15,17-19,21-22H,7,9,16,20H2. The number of pyridine rings is 1. The second-order valence-corrected chi connectivity index (χ2v) is 11.3. The Bertz CT molecular complexity index is 1890. The van der Waals surface area contributed by atoms with Crippen molar-refractivity contribution in [3.8, 4) is 28.1 Å². The molecule has 2 aliphatic rings. The van der Waals surface area contributed by atoms with Crippen LogP contribution in [0, 0.1) is 0 Å². The van der Waals surface area contributed by atoms with E-state index in [0.29, 0.717) is 0 Å². The van der Waals surface area contributed by atoms with Crippen LogP contribution >= 0.6 is 11.8 Å². The number of aromatic nitrogens is 2. The molecule has 38 heavy (non-hydrogen) atoms. The van der Waals surface area contributed by atoms with Crippen molar-refractivity contribution in [2.45, 2.75) is 30.6 Å². The molecule has 0 saturated carbocycles. The number of allylic oxidation sites excluding steroid dienone is 2. The van der Waals surface area contributed by atoms with Crippen LogP contribution in [0.3, 0.4) is 0 Å². The summed E-state index contributed by atoms with van der Waals surface area (Å²) in [7, 11) is 0. The third kappa shape index (κ3) is 3.32. The summed E-state index contributed by atoms with van der Waals surface area (Å²) < 4.78 is 2.45. The highest BCUT2D eigenvalue weighted by molar-refractivity contribution is 8.03. The zero-order chi connectivity index (χ0) is 25.1. The van der Waals surface area contributed by atoms with E-state index in [-0.39, 0.29) is 0 Å². The lowest BCUT2D eigenvalue weighted by Crippen LogP contribution is -2.06. The minimum atomic E-state index is 0.992. The molecular weight excluding hydrogens is 480 g/mol. The normalized spacial score (nSPS) is 14.7. The third-order valence-electron chi connectivity index (χ3n) is 8.02. The first-order valence-corrected chi connectivity index (χ1v) is 14.3. The molecule has 0 bridgehead atoms. The van der Waals surface area contributed by atoms with Gasteiger partial charge in [0.25, 0.3) is 0 Å². The molecule has 0 unspecified atom stereocenters. The average Bonchev–Trinajstić information content (AvgIpc) is 3.24. The Labute approximate surface area is 226 Å². The van der Waals surface area contributed by atoms with Crippen molar-refractivity contribution in [3.05, 3.63) is 120 Å². The first kappa shape index (κ1) is 22.0. The van der Waals surface area contributed by atoms with Gasteiger partial charge in [-0.1, -0.05) is 103 Å². The van der Waals surface area contributed by atoms with Crippen LogP contribution in [0.2, 0.25) is 0 Å². The van der Waals surface area contributed by atoms with Gasteiger partial charge in [0, 0.05) is 27.4 Å². The summed E-state index contributed by atoms with van der Waals surface area (Å²) in [6.45, 7) is 0. The number of fused-ring (bicyclic) bond motifs is 7. The summed E-state index contributed by atoms with van der Waals surface area (Å²) in [4.78, 5) is 7.92. The summed E-state index contributed by atoms with van der Waals surface area (Å²) in [5, 5.41) is 3.69. The quantitative estimate of drug-likeness (QED) is 0.232. The van der Waals surface area contributed by atoms with E-state index in [1.54, 1.807) is 0 Å². The topological polar surface area (TPSA) is 17.8 Å². The smallest absolute Gasteiger partial charge is 0.138 e. The van der Waals surface area contributed by atoms with Gasteiger partial charge in [0.2, 0.25) is 0 Å². The van der Waals surface area contributed by atoms with Gasteiger partial charge in [-0.3, -0.25) is 4.57 Å². The number of nitrogens with zero attached hydrogens (tertiary/aromatic N) is 2. The van der Waals surface area contributed by atoms with Crippen molar-refractivity contribution in [3.63, 3.8) is 0 Å². The van der Waals surface area contributed by atoms with E-state index in [2.05, 4.69) is 108 Å². The highest BCUT2D eigenvalue weighted by atomic mass is 32.2. The monoisotopic (exact) mass is 506 g/mol. The van der Waals surface area contributed by atoms with E-state index in [4.69, 9.17) is 4.98 Å². The molecule has 0 N–H and O–H groups in total. The minimum absolute atomic E-state index is 0.992. The molecule has 0 saturated heterocycles. The van der Waals surface area contributed by atoms with Gasteiger partial charge in [0.05, 0.1) is 11.2 Å². The van der Waals surface area contributed by atoms with Crippen molar-refractivity contribution >= 4 is 39.0 Å². The van der Waals surface area contributed by atoms with Crippen LogP contribution in [0.4, 0.5) is 0 Å². The number of hydrogen-bond acceptors (Lipinski definition) is 2. The van der Waals surface area contributed by atoms with E-state index in [1.165, 1.54) is 77.8 Å². The third-order valence-corrected chi connectivity index (χ3v) is 9.36. The van der Waals surface area contributed by atoms with Gasteiger partial charge in [-0.25, -0.2) is 4.98 Å². The van der Waals surface area contributed by atoms with Gasteiger partial charge in [-0.15, -0.1) is 0 Å². The molecule has 3 heterocycles. The van der Waals surface area contributed by atoms with Crippen LogP contribution in [0.5, 0.6) is 0 Å². The Hall–Kier alpha value is -4.08. The van der Waals surface area contributed by atoms with Crippen LogP contribution < -0.4 is 0 Å². The molecule has 2 aromatic heterocycles. The van der Waals surface area contributed by atoms with Gasteiger partial charge in [-0.05, 0) is 70.4 Å². The van der Waals surface area contributed by atoms with E-state index in [0.717, 1.165) is 18.7 Å². The van der Waals surface area contributed by atoms with Gasteiger partial charge >= 0.3 is 0 Å². The average molecular weight is 507 g/mol. The number of rotatable bonds is 2. The van der Waals surface area contributed by atoms with Crippen molar-refractivity contribution in [1.29, 1.82) is 0 Å². The summed E-state index contributed by atoms with van der Waals surface area (Å²) in [6, 6.07) is 37.4. The number of thioether (sulfide) groups is 1. The van der Waals surface area contributed by atoms with E-state index < -0.39 is 0 Å². The lowest BCUT2D eigenvalue weighted by Gasteiger charge is -2.21. The Morgan fingerprint density at radius 2 is 1.45 bits per heavy atom. The van der Waals surface area contributed by atoms with Gasteiger partial charge in [-0.2, -0.15) is 0 Å². The van der Waals surface area contributed by atoms with Crippen LogP contribution in [0.25, 0.3) is 55.3 Å². The van der Waals surface area contributed by atoms with Crippen LogP contribution in [0.1, 0.15) is 31.4 Å². The number of benzene rings is 4. The number of hydrogen-bond donors (Lipinski definition) is 0. The Morgan fingerprint density at radius 1 is 0.684 bits per heavy atom. The van der Waals surface area contributed by atoms with E-state index >= 15 is 0 Å². The maximum absolute atomic E-state index is 5.03. The Kier molecular flexibility index (Phi) is 5.05. The predicted octanol–water partition coefficient (Wildman–Crippen LogP) is 9.90. The first-order valence-electron chi connectivity index (χ1n) is 13.4. The fraction of sp³-hybridized carbons (Fsp3) is 0.114. The predicted molar refractivity (Wildman–Crippen MR) is 161 cm³/mol. The Morgan fingerprint density at radius 3 is 2.37 bits per heavy atom. The summed E-state index contributed by atoms with van der Waals surface area (Å²) in [6.07, 6.45) is 6.74. The molecule has 2 nitrogen and oxygen atoms in total. The highest BCUT2D eigenvalue weighted by Gasteiger charge is 2.31. The van der Waals surface area contributed by atoms with E-state index in [1.807, 2.05) is 18.0 Å². The van der Waals surface area contributed by atoms with Gasteiger partial charge in [0.15, 0.2) is 0 Å². The van der Waals surface area contributed by atoms with Crippen molar-refractivity contribution in [2.24, 2.45) is 0 Å². The van der Waals surface area contributed by atoms with Gasteiger partial charge in [0.1, 0.15) is 5.82 Å². The molecular formula is C35H26N2S. The fourth-order valence-corrected chi connectivity index (χ4v) is 7.67. The van der Waals surface area contributed by atoms with Crippen molar-refractivity contribution in [2.75, 3.05) is 0 Å². The lowest BCUT2D eigenvalue weighted by molar-refractivity contribution is 0.732. The van der Waals surface area contributed by atoms with E-state index in [9.17, 15) is 0 Å². The molecule has 0 atom stereocenters. The second-order valence-electron chi connectivity index (χ2n) is 10.2. The fourth-order valence-electron chi connectivity index (χ4n) is 6.28. The molecule has 6 aromatic rings. The summed E-state index contributed by atoms with van der Waals surface area (Å²) in [5.41, 5.74) is 9.33. The summed E-state index contributed by atoms with van der Waals surface area (Å²) in [5.74, 6) is 0.992. The van der Waals surface area contributed by atoms with Crippen molar-refractivity contribution < 1.29 is 0 Å². The molecule has 4 aromatic carbocycles. The SMILES string of the molecule is c1ccc(-c2cccc3c2SC2=C(CCCC2)c2c-3c3ccccc3n2-c2cc3ccccc3cn2)cc1. The zero-order valence-electron chi connectivity index (χ0n) is 21.0. The maximum Gasteiger partial charge on any atom is 0.138 e. The highest BCUT2D eigenvalue weighted by Crippen LogP contribution is 2.55. The molecule has 0 spiro atoms. The van der Waals surface area contributed by atoms with Crippen LogP contribution in [0.15, 0.2) is 119 Å². The lowest BCUT2D eigenvalue weighted by atomic mass is 9.91. The van der Waals surface area contributed by atoms with Crippen LogP contribution in [-0.4, -0.2) is 9.55 Å². The molecule has 1 aliphatic heterocycles.